The van der Waals surface area contributed by atoms with Gasteiger partial charge in [0.2, 0.25) is 0 Å². The van der Waals surface area contributed by atoms with Crippen LogP contribution in [-0.4, -0.2) is 54.6 Å². The van der Waals surface area contributed by atoms with Crippen LogP contribution in [0.4, 0.5) is 17.6 Å². The second-order valence-electron chi connectivity index (χ2n) is 6.21. The summed E-state index contributed by atoms with van der Waals surface area (Å²) in [5.41, 5.74) is 0.822. The predicted octanol–water partition coefficient (Wildman–Crippen LogP) is 4.26. The molecule has 0 atom stereocenters. The minimum absolute atomic E-state index is 0.169. The molecule has 0 bridgehead atoms. The van der Waals surface area contributed by atoms with Crippen LogP contribution < -0.4 is 0 Å². The smallest absolute Gasteiger partial charge is 0.337 e. The Kier molecular flexibility index (Phi) is 5.62. The Morgan fingerprint density at radius 3 is 2.42 bits per heavy atom. The highest BCUT2D eigenvalue weighted by Crippen LogP contribution is 2.29. The molecule has 140 valence electrons. The molecule has 3 nitrogen and oxygen atoms in total. The highest BCUT2D eigenvalue weighted by molar-refractivity contribution is 7.17. The Morgan fingerprint density at radius 2 is 1.73 bits per heavy atom. The zero-order valence-electron chi connectivity index (χ0n) is 13.9. The number of alkyl halides is 3. The van der Waals surface area contributed by atoms with Crippen molar-refractivity contribution < 1.29 is 22.4 Å². The minimum Gasteiger partial charge on any atom is -0.337 e. The summed E-state index contributed by atoms with van der Waals surface area (Å²) in [4.78, 5) is 17.0. The number of amides is 1. The highest BCUT2D eigenvalue weighted by Gasteiger charge is 2.32. The zero-order valence-corrected chi connectivity index (χ0v) is 14.7. The van der Waals surface area contributed by atoms with Crippen LogP contribution in [0.2, 0.25) is 0 Å². The molecule has 1 amide bonds. The van der Waals surface area contributed by atoms with Crippen molar-refractivity contribution >= 4 is 17.2 Å². The van der Waals surface area contributed by atoms with Gasteiger partial charge in [-0.25, -0.2) is 4.39 Å². The summed E-state index contributed by atoms with van der Waals surface area (Å²) >= 11 is 1.30. The van der Waals surface area contributed by atoms with E-state index in [4.69, 9.17) is 0 Å². The number of rotatable bonds is 3. The van der Waals surface area contributed by atoms with Crippen LogP contribution in [-0.2, 0) is 0 Å². The molecule has 1 aromatic heterocycles. The first kappa shape index (κ1) is 18.8. The quantitative estimate of drug-likeness (QED) is 0.736. The van der Waals surface area contributed by atoms with Crippen LogP contribution in [0.15, 0.2) is 36.4 Å². The van der Waals surface area contributed by atoms with E-state index in [9.17, 15) is 22.4 Å². The van der Waals surface area contributed by atoms with Crippen molar-refractivity contribution in [3.05, 3.63) is 47.1 Å². The van der Waals surface area contributed by atoms with Gasteiger partial charge in [0.25, 0.3) is 5.91 Å². The summed E-state index contributed by atoms with van der Waals surface area (Å²) in [6.45, 7) is 0.314. The fraction of sp³-hybridized carbons (Fsp3) is 0.389. The van der Waals surface area contributed by atoms with Gasteiger partial charge in [-0.15, -0.1) is 11.3 Å². The van der Waals surface area contributed by atoms with Gasteiger partial charge in [0.1, 0.15) is 5.82 Å². The molecule has 0 aliphatic carbocycles. The first-order chi connectivity index (χ1) is 12.3. The number of thiophene rings is 1. The third-order valence-corrected chi connectivity index (χ3v) is 5.35. The summed E-state index contributed by atoms with van der Waals surface area (Å²) in [6.07, 6.45) is -3.71. The molecule has 1 aromatic carbocycles. The molecular formula is C18H18F4N2OS. The van der Waals surface area contributed by atoms with Gasteiger partial charge in [-0.3, -0.25) is 9.69 Å². The van der Waals surface area contributed by atoms with E-state index >= 15 is 0 Å². The average molecular weight is 386 g/mol. The lowest BCUT2D eigenvalue weighted by atomic mass is 10.2. The highest BCUT2D eigenvalue weighted by atomic mass is 32.1. The van der Waals surface area contributed by atoms with Gasteiger partial charge in [-0.1, -0.05) is 12.1 Å². The van der Waals surface area contributed by atoms with Gasteiger partial charge in [0, 0.05) is 31.1 Å². The number of hydrogen-bond acceptors (Lipinski definition) is 3. The zero-order chi connectivity index (χ0) is 18.7. The standard InChI is InChI=1S/C18H18F4N2OS/c19-14-4-2-13(3-5-14)15-6-7-16(26-15)17(25)24-9-1-8-23(10-11-24)12-18(20,21)22/h2-7H,1,8-12H2. The Morgan fingerprint density at radius 1 is 1.00 bits per heavy atom. The third kappa shape index (κ3) is 4.82. The average Bonchev–Trinajstić information content (AvgIpc) is 2.95. The summed E-state index contributed by atoms with van der Waals surface area (Å²) in [6, 6.07) is 9.54. The van der Waals surface area contributed by atoms with Crippen molar-refractivity contribution in [2.75, 3.05) is 32.7 Å². The maximum atomic E-state index is 13.0. The monoisotopic (exact) mass is 386 g/mol. The molecule has 2 aromatic rings. The van der Waals surface area contributed by atoms with Gasteiger partial charge in [-0.05, 0) is 36.2 Å². The fourth-order valence-electron chi connectivity index (χ4n) is 2.96. The molecule has 2 heterocycles. The van der Waals surface area contributed by atoms with E-state index in [1.165, 1.54) is 28.4 Å². The van der Waals surface area contributed by atoms with Crippen LogP contribution in [0.25, 0.3) is 10.4 Å². The molecule has 0 unspecified atom stereocenters. The SMILES string of the molecule is O=C(c1ccc(-c2ccc(F)cc2)s1)N1CCCN(CC(F)(F)F)CC1. The molecule has 1 aliphatic heterocycles. The van der Waals surface area contributed by atoms with Crippen LogP contribution in [0.1, 0.15) is 16.1 Å². The van der Waals surface area contributed by atoms with Gasteiger partial charge < -0.3 is 4.90 Å². The van der Waals surface area contributed by atoms with Crippen molar-refractivity contribution in [3.8, 4) is 10.4 Å². The van der Waals surface area contributed by atoms with Crippen LogP contribution in [0.5, 0.6) is 0 Å². The lowest BCUT2D eigenvalue weighted by Crippen LogP contribution is -2.38. The summed E-state index contributed by atoms with van der Waals surface area (Å²) in [5.74, 6) is -0.494. The van der Waals surface area contributed by atoms with Crippen molar-refractivity contribution in [2.24, 2.45) is 0 Å². The van der Waals surface area contributed by atoms with Gasteiger partial charge in [0.15, 0.2) is 0 Å². The summed E-state index contributed by atoms with van der Waals surface area (Å²) < 4.78 is 50.6. The second-order valence-corrected chi connectivity index (χ2v) is 7.29. The Bertz CT molecular complexity index is 757. The normalized spacial score (nSPS) is 16.5. The number of nitrogens with zero attached hydrogens (tertiary/aromatic N) is 2. The van der Waals surface area contributed by atoms with E-state index in [2.05, 4.69) is 0 Å². The van der Waals surface area contributed by atoms with Crippen molar-refractivity contribution in [1.82, 2.24) is 9.80 Å². The number of carbonyl (C=O) groups excluding carboxylic acids is 1. The number of halogens is 4. The molecule has 1 aliphatic rings. The first-order valence-electron chi connectivity index (χ1n) is 8.26. The summed E-state index contributed by atoms with van der Waals surface area (Å²) in [5, 5.41) is 0. The molecule has 26 heavy (non-hydrogen) atoms. The van der Waals surface area contributed by atoms with E-state index in [1.807, 2.05) is 0 Å². The Labute approximate surface area is 152 Å². The van der Waals surface area contributed by atoms with Crippen molar-refractivity contribution in [3.63, 3.8) is 0 Å². The molecule has 0 N–H and O–H groups in total. The minimum atomic E-state index is -4.23. The topological polar surface area (TPSA) is 23.6 Å². The fourth-order valence-corrected chi connectivity index (χ4v) is 3.94. The van der Waals surface area contributed by atoms with Crippen LogP contribution in [0.3, 0.4) is 0 Å². The number of hydrogen-bond donors (Lipinski definition) is 0. The molecule has 0 spiro atoms. The van der Waals surface area contributed by atoms with E-state index < -0.39 is 12.7 Å². The Balaban J connectivity index is 1.65. The molecule has 8 heteroatoms. The predicted molar refractivity (Wildman–Crippen MR) is 92.7 cm³/mol. The van der Waals surface area contributed by atoms with Crippen LogP contribution >= 0.6 is 11.3 Å². The van der Waals surface area contributed by atoms with Gasteiger partial charge in [-0.2, -0.15) is 13.2 Å². The molecule has 0 radical (unpaired) electrons. The number of benzene rings is 1. The summed E-state index contributed by atoms with van der Waals surface area (Å²) in [7, 11) is 0. The van der Waals surface area contributed by atoms with E-state index in [1.54, 1.807) is 29.2 Å². The Hall–Kier alpha value is -1.93. The van der Waals surface area contributed by atoms with Crippen molar-refractivity contribution in [1.29, 1.82) is 0 Å². The molecule has 0 saturated carbocycles. The van der Waals surface area contributed by atoms with Crippen LogP contribution in [0, 0.1) is 5.82 Å². The maximum Gasteiger partial charge on any atom is 0.401 e. The lowest BCUT2D eigenvalue weighted by molar-refractivity contribution is -0.145. The largest absolute Gasteiger partial charge is 0.401 e. The van der Waals surface area contributed by atoms with E-state index in [0.29, 0.717) is 24.4 Å². The van der Waals surface area contributed by atoms with E-state index in [0.717, 1.165) is 10.4 Å². The van der Waals surface area contributed by atoms with E-state index in [-0.39, 0.29) is 24.8 Å². The third-order valence-electron chi connectivity index (χ3n) is 4.22. The molecule has 3 rings (SSSR count). The van der Waals surface area contributed by atoms with Crippen molar-refractivity contribution in [2.45, 2.75) is 12.6 Å². The van der Waals surface area contributed by atoms with Gasteiger partial charge in [0.05, 0.1) is 11.4 Å². The molecular weight excluding hydrogens is 368 g/mol. The molecule has 1 fully saturated rings. The second kappa shape index (κ2) is 7.75. The maximum absolute atomic E-state index is 13.0. The van der Waals surface area contributed by atoms with Gasteiger partial charge >= 0.3 is 6.18 Å². The number of carbonyl (C=O) groups is 1. The first-order valence-corrected chi connectivity index (χ1v) is 9.08. The lowest BCUT2D eigenvalue weighted by Gasteiger charge is -2.22. The molecule has 1 saturated heterocycles.